The topological polar surface area (TPSA) is 80.1 Å². The van der Waals surface area contributed by atoms with Crippen molar-refractivity contribution in [3.63, 3.8) is 0 Å². The van der Waals surface area contributed by atoms with Crippen LogP contribution in [0.25, 0.3) is 0 Å². The lowest BCUT2D eigenvalue weighted by molar-refractivity contribution is 0.0951. The molecule has 3 rings (SSSR count). The summed E-state index contributed by atoms with van der Waals surface area (Å²) in [7, 11) is 1.64. The molecule has 8 heteroatoms. The molecule has 0 bridgehead atoms. The number of hydrogen-bond donors (Lipinski definition) is 1. The van der Waals surface area contributed by atoms with Crippen molar-refractivity contribution in [3.05, 3.63) is 38.2 Å². The van der Waals surface area contributed by atoms with E-state index in [1.165, 1.54) is 16.0 Å². The summed E-state index contributed by atoms with van der Waals surface area (Å²) in [5, 5.41) is 8.12. The van der Waals surface area contributed by atoms with Crippen molar-refractivity contribution in [2.75, 3.05) is 24.5 Å². The Hall–Kier alpha value is -2.22. The van der Waals surface area contributed by atoms with Gasteiger partial charge in [0.25, 0.3) is 11.5 Å². The van der Waals surface area contributed by atoms with E-state index in [1.54, 1.807) is 19.3 Å². The molecule has 7 nitrogen and oxygen atoms in total. The van der Waals surface area contributed by atoms with Crippen LogP contribution >= 0.6 is 11.3 Å². The van der Waals surface area contributed by atoms with Gasteiger partial charge in [-0.15, -0.1) is 11.3 Å². The molecule has 1 unspecified atom stereocenters. The minimum atomic E-state index is -0.110. The third-order valence-electron chi connectivity index (χ3n) is 4.67. The van der Waals surface area contributed by atoms with Crippen LogP contribution in [0.1, 0.15) is 46.6 Å². The highest BCUT2D eigenvalue weighted by Gasteiger charge is 2.25. The van der Waals surface area contributed by atoms with Crippen LogP contribution in [-0.2, 0) is 7.05 Å². The summed E-state index contributed by atoms with van der Waals surface area (Å²) in [4.78, 5) is 31.6. The van der Waals surface area contributed by atoms with Gasteiger partial charge in [0.1, 0.15) is 4.88 Å². The first-order valence-corrected chi connectivity index (χ1v) is 9.70. The van der Waals surface area contributed by atoms with Gasteiger partial charge < -0.3 is 10.2 Å². The lowest BCUT2D eigenvalue weighted by atomic mass is 10.1. The number of carbonyl (C=O) groups is 1. The van der Waals surface area contributed by atoms with Crippen molar-refractivity contribution in [1.29, 1.82) is 0 Å². The maximum atomic E-state index is 12.5. The van der Waals surface area contributed by atoms with E-state index < -0.39 is 0 Å². The quantitative estimate of drug-likeness (QED) is 0.864. The van der Waals surface area contributed by atoms with Gasteiger partial charge in [0.15, 0.2) is 0 Å². The van der Waals surface area contributed by atoms with E-state index in [2.05, 4.69) is 34.1 Å². The zero-order valence-corrected chi connectivity index (χ0v) is 16.5. The Morgan fingerprint density at radius 3 is 2.88 bits per heavy atom. The molecular weight excluding hydrogens is 350 g/mol. The first-order chi connectivity index (χ1) is 12.3. The summed E-state index contributed by atoms with van der Waals surface area (Å²) >= 11 is 1.48. The zero-order valence-electron chi connectivity index (χ0n) is 15.7. The molecule has 1 aliphatic heterocycles. The lowest BCUT2D eigenvalue weighted by Crippen LogP contribution is -2.31. The van der Waals surface area contributed by atoms with Crippen molar-refractivity contribution >= 4 is 22.9 Å². The molecular formula is C18H25N5O2S. The largest absolute Gasteiger partial charge is 0.370 e. The maximum absolute atomic E-state index is 12.5. The fourth-order valence-electron chi connectivity index (χ4n) is 3.06. The minimum Gasteiger partial charge on any atom is -0.370 e. The van der Waals surface area contributed by atoms with E-state index in [9.17, 15) is 9.59 Å². The minimum absolute atomic E-state index is 0.0411. The van der Waals surface area contributed by atoms with Crippen molar-refractivity contribution in [3.8, 4) is 0 Å². The van der Waals surface area contributed by atoms with Crippen molar-refractivity contribution in [1.82, 2.24) is 20.1 Å². The Kier molecular flexibility index (Phi) is 5.41. The zero-order chi connectivity index (χ0) is 18.8. The van der Waals surface area contributed by atoms with Gasteiger partial charge in [-0.3, -0.25) is 9.59 Å². The van der Waals surface area contributed by atoms with Crippen molar-refractivity contribution in [2.24, 2.45) is 13.0 Å². The highest BCUT2D eigenvalue weighted by molar-refractivity contribution is 7.13. The van der Waals surface area contributed by atoms with Crippen LogP contribution < -0.4 is 15.8 Å². The molecule has 26 heavy (non-hydrogen) atoms. The predicted octanol–water partition coefficient (Wildman–Crippen LogP) is 1.92. The molecule has 140 valence electrons. The monoisotopic (exact) mass is 375 g/mol. The Morgan fingerprint density at radius 1 is 1.46 bits per heavy atom. The summed E-state index contributed by atoms with van der Waals surface area (Å²) < 4.78 is 1.32. The lowest BCUT2D eigenvalue weighted by Gasteiger charge is -2.18. The number of nitrogens with zero attached hydrogens (tertiary/aromatic N) is 4. The van der Waals surface area contributed by atoms with E-state index in [0.717, 1.165) is 35.9 Å². The second-order valence-electron chi connectivity index (χ2n) is 7.11. The predicted molar refractivity (Wildman–Crippen MR) is 103 cm³/mol. The molecule has 1 saturated heterocycles. The Bertz CT molecular complexity index is 858. The van der Waals surface area contributed by atoms with Gasteiger partial charge in [-0.25, -0.2) is 9.67 Å². The van der Waals surface area contributed by atoms with Crippen LogP contribution in [0.15, 0.2) is 17.1 Å². The average Bonchev–Trinajstić information content (AvgIpc) is 3.22. The molecule has 2 aromatic heterocycles. The first kappa shape index (κ1) is 18.6. The molecule has 0 spiro atoms. The number of amides is 1. The molecule has 0 saturated carbocycles. The highest BCUT2D eigenvalue weighted by Crippen LogP contribution is 2.25. The van der Waals surface area contributed by atoms with Gasteiger partial charge in [0.2, 0.25) is 0 Å². The summed E-state index contributed by atoms with van der Waals surface area (Å²) in [6.07, 6.45) is 2.70. The first-order valence-electron chi connectivity index (χ1n) is 8.89. The third kappa shape index (κ3) is 3.95. The molecule has 1 amide bonds. The number of thiazole rings is 1. The summed E-state index contributed by atoms with van der Waals surface area (Å²) in [6, 6.07) is 1.61. The molecule has 3 heterocycles. The van der Waals surface area contributed by atoms with Gasteiger partial charge in [-0.1, -0.05) is 13.8 Å². The van der Waals surface area contributed by atoms with Crippen LogP contribution in [0.5, 0.6) is 0 Å². The van der Waals surface area contributed by atoms with Crippen LogP contribution in [0.3, 0.4) is 0 Å². The number of aromatic nitrogens is 3. The summed E-state index contributed by atoms with van der Waals surface area (Å²) in [6.45, 7) is 8.36. The Labute approximate surface area is 157 Å². The van der Waals surface area contributed by atoms with Crippen LogP contribution in [-0.4, -0.2) is 40.3 Å². The summed E-state index contributed by atoms with van der Waals surface area (Å²) in [5.41, 5.74) is 1.54. The molecule has 1 fully saturated rings. The van der Waals surface area contributed by atoms with Gasteiger partial charge >= 0.3 is 0 Å². The number of nitrogens with one attached hydrogen (secondary N) is 1. The highest BCUT2D eigenvalue weighted by atomic mass is 32.1. The average molecular weight is 375 g/mol. The SMILES string of the molecule is Cc1nc(C(C)C)sc1C(=O)NCC1CCN(c2cnn(C)c(=O)c2)C1. The van der Waals surface area contributed by atoms with E-state index in [1.807, 2.05) is 6.92 Å². The van der Waals surface area contributed by atoms with Crippen molar-refractivity contribution in [2.45, 2.75) is 33.1 Å². The number of rotatable bonds is 5. The van der Waals surface area contributed by atoms with Crippen LogP contribution in [0.4, 0.5) is 5.69 Å². The fraction of sp³-hybridized carbons (Fsp3) is 0.556. The summed E-state index contributed by atoms with van der Waals surface area (Å²) in [5.74, 6) is 0.650. The number of aryl methyl sites for hydroxylation is 2. The van der Waals surface area contributed by atoms with Crippen molar-refractivity contribution < 1.29 is 4.79 Å². The molecule has 1 N–H and O–H groups in total. The molecule has 1 aliphatic rings. The second-order valence-corrected chi connectivity index (χ2v) is 8.14. The van der Waals surface area contributed by atoms with Crippen LogP contribution in [0, 0.1) is 12.8 Å². The Morgan fingerprint density at radius 2 is 2.23 bits per heavy atom. The number of carbonyl (C=O) groups excluding carboxylic acids is 1. The Balaban J connectivity index is 1.56. The van der Waals surface area contributed by atoms with E-state index in [0.29, 0.717) is 23.3 Å². The molecule has 0 aromatic carbocycles. The molecule has 0 radical (unpaired) electrons. The van der Waals surface area contributed by atoms with Gasteiger partial charge in [0, 0.05) is 38.7 Å². The number of anilines is 1. The van der Waals surface area contributed by atoms with E-state index in [-0.39, 0.29) is 11.5 Å². The molecule has 1 atom stereocenters. The third-order valence-corrected chi connectivity index (χ3v) is 6.13. The van der Waals surface area contributed by atoms with Gasteiger partial charge in [0.05, 0.1) is 22.6 Å². The number of hydrogen-bond acceptors (Lipinski definition) is 6. The van der Waals surface area contributed by atoms with Gasteiger partial charge in [-0.2, -0.15) is 5.10 Å². The molecule has 2 aromatic rings. The fourth-order valence-corrected chi connectivity index (χ4v) is 4.04. The maximum Gasteiger partial charge on any atom is 0.268 e. The van der Waals surface area contributed by atoms with E-state index in [4.69, 9.17) is 0 Å². The second kappa shape index (κ2) is 7.57. The normalized spacial score (nSPS) is 17.1. The van der Waals surface area contributed by atoms with Gasteiger partial charge in [-0.05, 0) is 19.3 Å². The smallest absolute Gasteiger partial charge is 0.268 e. The standard InChI is InChI=1S/C18H25N5O2S/c1-11(2)18-21-12(3)16(26-18)17(25)19-8-13-5-6-23(10-13)14-7-15(24)22(4)20-9-14/h7,9,11,13H,5-6,8,10H2,1-4H3,(H,19,25). The van der Waals surface area contributed by atoms with Crippen LogP contribution in [0.2, 0.25) is 0 Å². The van der Waals surface area contributed by atoms with E-state index >= 15 is 0 Å². The molecule has 0 aliphatic carbocycles.